The number of β-amino-alcohol motifs (C(OH)–C–C–N with tert-alkyl or cyclic N) is 1. The first-order chi connectivity index (χ1) is 10.8. The third kappa shape index (κ3) is 3.44. The van der Waals surface area contributed by atoms with Gasteiger partial charge >= 0.3 is 0 Å². The van der Waals surface area contributed by atoms with Crippen molar-refractivity contribution in [2.24, 2.45) is 0 Å². The first-order valence-electron chi connectivity index (χ1n) is 7.08. The molecule has 1 aliphatic rings. The van der Waals surface area contributed by atoms with Crippen LogP contribution < -0.4 is 4.90 Å². The van der Waals surface area contributed by atoms with Gasteiger partial charge in [-0.05, 0) is 18.6 Å². The van der Waals surface area contributed by atoms with Gasteiger partial charge in [0, 0.05) is 24.9 Å². The lowest BCUT2D eigenvalue weighted by Crippen LogP contribution is -2.20. The van der Waals surface area contributed by atoms with Crippen molar-refractivity contribution in [1.29, 1.82) is 0 Å². The quantitative estimate of drug-likeness (QED) is 0.836. The van der Waals surface area contributed by atoms with Crippen LogP contribution in [-0.4, -0.2) is 49.7 Å². The minimum absolute atomic E-state index is 0.121. The number of sulfone groups is 1. The van der Waals surface area contributed by atoms with Gasteiger partial charge in [-0.25, -0.2) is 13.4 Å². The average Bonchev–Trinajstić information content (AvgIpc) is 3.14. The van der Waals surface area contributed by atoms with E-state index < -0.39 is 9.84 Å². The molecule has 8 heteroatoms. The van der Waals surface area contributed by atoms with Crippen LogP contribution in [0.4, 0.5) is 5.13 Å². The molecule has 0 aliphatic carbocycles. The molecule has 1 aliphatic heterocycles. The minimum Gasteiger partial charge on any atom is -0.391 e. The van der Waals surface area contributed by atoms with Crippen LogP contribution in [0.2, 0.25) is 0 Å². The Labute approximate surface area is 138 Å². The summed E-state index contributed by atoms with van der Waals surface area (Å²) in [7, 11) is -3.36. The molecular formula is C15H16N2O4S2. The van der Waals surface area contributed by atoms with Crippen LogP contribution in [0, 0.1) is 0 Å². The van der Waals surface area contributed by atoms with E-state index in [1.807, 2.05) is 4.90 Å². The number of nitrogens with zero attached hydrogens (tertiary/aromatic N) is 2. The van der Waals surface area contributed by atoms with Crippen LogP contribution in [0.5, 0.6) is 0 Å². The van der Waals surface area contributed by atoms with Gasteiger partial charge in [0.15, 0.2) is 15.0 Å². The Balaban J connectivity index is 1.85. The summed E-state index contributed by atoms with van der Waals surface area (Å²) >= 11 is 1.25. The number of thiazole rings is 1. The second-order valence-electron chi connectivity index (χ2n) is 5.52. The van der Waals surface area contributed by atoms with Crippen LogP contribution in [0.1, 0.15) is 21.7 Å². The van der Waals surface area contributed by atoms with Gasteiger partial charge in [0.2, 0.25) is 5.78 Å². The zero-order valence-electron chi connectivity index (χ0n) is 12.5. The van der Waals surface area contributed by atoms with Crippen molar-refractivity contribution in [1.82, 2.24) is 4.98 Å². The molecule has 1 N–H and O–H groups in total. The molecule has 0 saturated carbocycles. The molecule has 1 atom stereocenters. The third-order valence-corrected chi connectivity index (χ3v) is 5.84. The van der Waals surface area contributed by atoms with Gasteiger partial charge in [0.1, 0.15) is 0 Å². The monoisotopic (exact) mass is 352 g/mol. The second-order valence-corrected chi connectivity index (χ2v) is 8.55. The summed E-state index contributed by atoms with van der Waals surface area (Å²) < 4.78 is 23.2. The van der Waals surface area contributed by atoms with E-state index in [9.17, 15) is 18.3 Å². The number of ketones is 1. The van der Waals surface area contributed by atoms with Gasteiger partial charge in [-0.2, -0.15) is 0 Å². The number of hydrogen-bond donors (Lipinski definition) is 1. The average molecular weight is 352 g/mol. The summed E-state index contributed by atoms with van der Waals surface area (Å²) in [5.41, 5.74) is 0.324. The first-order valence-corrected chi connectivity index (χ1v) is 9.79. The summed E-state index contributed by atoms with van der Waals surface area (Å²) in [5, 5.41) is 10.3. The fourth-order valence-electron chi connectivity index (χ4n) is 2.44. The maximum absolute atomic E-state index is 12.5. The molecule has 0 bridgehead atoms. The molecule has 122 valence electrons. The van der Waals surface area contributed by atoms with Gasteiger partial charge in [-0.1, -0.05) is 23.5 Å². The molecular weight excluding hydrogens is 336 g/mol. The highest BCUT2D eigenvalue weighted by Crippen LogP contribution is 2.27. The Morgan fingerprint density at radius 3 is 2.87 bits per heavy atom. The number of benzene rings is 1. The smallest absolute Gasteiger partial charge is 0.204 e. The number of aromatic nitrogens is 1. The maximum Gasteiger partial charge on any atom is 0.204 e. The van der Waals surface area contributed by atoms with E-state index in [1.165, 1.54) is 29.7 Å². The van der Waals surface area contributed by atoms with Crippen molar-refractivity contribution in [3.8, 4) is 0 Å². The van der Waals surface area contributed by atoms with E-state index in [2.05, 4.69) is 4.98 Å². The SMILES string of the molecule is CS(=O)(=O)c1cccc(C(=O)c2cnc(N3CC[C@@H](O)C3)s2)c1. The van der Waals surface area contributed by atoms with Gasteiger partial charge in [-0.15, -0.1) is 0 Å². The number of aliphatic hydroxyl groups is 1. The Bertz CT molecular complexity index is 845. The zero-order chi connectivity index (χ0) is 16.6. The van der Waals surface area contributed by atoms with Crippen LogP contribution in [0.15, 0.2) is 35.4 Å². The Hall–Kier alpha value is -1.77. The molecule has 1 saturated heterocycles. The molecule has 1 aromatic heterocycles. The number of aliphatic hydroxyl groups excluding tert-OH is 1. The number of rotatable bonds is 4. The number of carbonyl (C=O) groups excluding carboxylic acids is 1. The summed E-state index contributed by atoms with van der Waals surface area (Å²) in [5.74, 6) is -0.251. The van der Waals surface area contributed by atoms with E-state index in [0.717, 1.165) is 6.26 Å². The third-order valence-electron chi connectivity index (χ3n) is 3.68. The molecule has 0 radical (unpaired) electrons. The van der Waals surface area contributed by atoms with Crippen molar-refractivity contribution < 1.29 is 18.3 Å². The van der Waals surface area contributed by atoms with Crippen molar-refractivity contribution in [2.45, 2.75) is 17.4 Å². The summed E-state index contributed by atoms with van der Waals surface area (Å²) in [4.78, 5) is 19.3. The lowest BCUT2D eigenvalue weighted by molar-refractivity contribution is 0.104. The van der Waals surface area contributed by atoms with E-state index in [1.54, 1.807) is 12.1 Å². The normalized spacial score (nSPS) is 18.3. The Morgan fingerprint density at radius 1 is 1.43 bits per heavy atom. The summed E-state index contributed by atoms with van der Waals surface area (Å²) in [6.07, 6.45) is 2.95. The molecule has 2 aromatic rings. The molecule has 23 heavy (non-hydrogen) atoms. The largest absolute Gasteiger partial charge is 0.391 e. The highest BCUT2D eigenvalue weighted by molar-refractivity contribution is 7.90. The topological polar surface area (TPSA) is 87.6 Å². The van der Waals surface area contributed by atoms with Crippen LogP contribution in [0.25, 0.3) is 0 Å². The van der Waals surface area contributed by atoms with Crippen LogP contribution in [0.3, 0.4) is 0 Å². The van der Waals surface area contributed by atoms with E-state index >= 15 is 0 Å². The molecule has 1 aromatic carbocycles. The van der Waals surface area contributed by atoms with Crippen molar-refractivity contribution in [2.75, 3.05) is 24.2 Å². The Morgan fingerprint density at radius 2 is 2.22 bits per heavy atom. The van der Waals surface area contributed by atoms with Gasteiger partial charge in [0.25, 0.3) is 0 Å². The van der Waals surface area contributed by atoms with Crippen molar-refractivity contribution >= 4 is 32.1 Å². The molecule has 0 amide bonds. The lowest BCUT2D eigenvalue weighted by atomic mass is 10.1. The molecule has 2 heterocycles. The molecule has 6 nitrogen and oxygen atoms in total. The highest BCUT2D eigenvalue weighted by atomic mass is 32.2. The minimum atomic E-state index is -3.36. The number of anilines is 1. The zero-order valence-corrected chi connectivity index (χ0v) is 14.1. The van der Waals surface area contributed by atoms with Gasteiger partial charge in [-0.3, -0.25) is 4.79 Å². The van der Waals surface area contributed by atoms with Crippen molar-refractivity contribution in [3.63, 3.8) is 0 Å². The molecule has 0 unspecified atom stereocenters. The van der Waals surface area contributed by atoms with Crippen LogP contribution >= 0.6 is 11.3 Å². The summed E-state index contributed by atoms with van der Waals surface area (Å²) in [6.45, 7) is 1.23. The Kier molecular flexibility index (Phi) is 4.22. The fraction of sp³-hybridized carbons (Fsp3) is 0.333. The van der Waals surface area contributed by atoms with E-state index in [-0.39, 0.29) is 16.8 Å². The lowest BCUT2D eigenvalue weighted by Gasteiger charge is -2.12. The highest BCUT2D eigenvalue weighted by Gasteiger charge is 2.24. The predicted octanol–water partition coefficient (Wildman–Crippen LogP) is 1.35. The van der Waals surface area contributed by atoms with Gasteiger partial charge < -0.3 is 10.0 Å². The number of hydrogen-bond acceptors (Lipinski definition) is 7. The standard InChI is InChI=1S/C15H16N2O4S2/c1-23(20,21)12-4-2-3-10(7-12)14(19)13-8-16-15(22-13)17-6-5-11(18)9-17/h2-4,7-8,11,18H,5-6,9H2,1H3/t11-/m1/s1. The molecule has 0 spiro atoms. The molecule has 1 fully saturated rings. The summed E-state index contributed by atoms with van der Waals surface area (Å²) in [6, 6.07) is 6.00. The van der Waals surface area contributed by atoms with E-state index in [4.69, 9.17) is 0 Å². The first kappa shape index (κ1) is 16.1. The maximum atomic E-state index is 12.5. The second kappa shape index (κ2) is 6.03. The fourth-order valence-corrected chi connectivity index (χ4v) is 4.02. The number of carbonyl (C=O) groups is 1. The van der Waals surface area contributed by atoms with Gasteiger partial charge in [0.05, 0.1) is 22.1 Å². The predicted molar refractivity (Wildman–Crippen MR) is 87.9 cm³/mol. The van der Waals surface area contributed by atoms with Crippen molar-refractivity contribution in [3.05, 3.63) is 40.9 Å². The molecule has 3 rings (SSSR count). The van der Waals surface area contributed by atoms with Crippen LogP contribution in [-0.2, 0) is 9.84 Å². The van der Waals surface area contributed by atoms with E-state index in [0.29, 0.717) is 35.1 Å².